The fourth-order valence-electron chi connectivity index (χ4n) is 1.88. The van der Waals surface area contributed by atoms with Gasteiger partial charge in [-0.3, -0.25) is 0 Å². The third-order valence-electron chi connectivity index (χ3n) is 4.30. The van der Waals surface area contributed by atoms with Crippen LogP contribution in [-0.2, 0) is 4.43 Å². The van der Waals surface area contributed by atoms with Crippen molar-refractivity contribution in [2.75, 3.05) is 0 Å². The molecular weight excluding hydrogens is 323 g/mol. The minimum absolute atomic E-state index is 0.0498. The zero-order valence-corrected chi connectivity index (χ0v) is 15.3. The van der Waals surface area contributed by atoms with Gasteiger partial charge < -0.3 is 9.63 Å². The Morgan fingerprint density at radius 1 is 1.13 bits per heavy atom. The number of nitrogens with zero attached hydrogens (tertiary/aromatic N) is 1. The number of benzene rings is 1. The van der Waals surface area contributed by atoms with Crippen molar-refractivity contribution >= 4 is 14.0 Å². The molecule has 1 unspecified atom stereocenters. The first kappa shape index (κ1) is 19.7. The molecule has 0 heterocycles. The van der Waals surface area contributed by atoms with Crippen LogP contribution in [0.5, 0.6) is 0 Å². The van der Waals surface area contributed by atoms with Crippen LogP contribution in [0, 0.1) is 0 Å². The van der Waals surface area contributed by atoms with E-state index in [1.54, 1.807) is 12.1 Å². The van der Waals surface area contributed by atoms with E-state index in [2.05, 4.69) is 39.0 Å². The molecule has 0 aliphatic heterocycles. The second-order valence-electron chi connectivity index (χ2n) is 7.09. The lowest BCUT2D eigenvalue weighted by Gasteiger charge is -2.38. The van der Waals surface area contributed by atoms with Crippen LogP contribution >= 0.6 is 0 Å². The Hall–Kier alpha value is -1.34. The minimum atomic E-state index is -4.69. The van der Waals surface area contributed by atoms with E-state index in [0.29, 0.717) is 0 Å². The summed E-state index contributed by atoms with van der Waals surface area (Å²) in [7, 11) is -1.97. The normalized spacial score (nSPS) is 15.6. The van der Waals surface area contributed by atoms with Crippen LogP contribution in [0.15, 0.2) is 29.4 Å². The summed E-state index contributed by atoms with van der Waals surface area (Å²) >= 11 is 0. The monoisotopic (exact) mass is 347 g/mol. The fourth-order valence-corrected chi connectivity index (χ4v) is 3.25. The van der Waals surface area contributed by atoms with Gasteiger partial charge in [-0.1, -0.05) is 50.2 Å². The van der Waals surface area contributed by atoms with E-state index in [1.165, 1.54) is 12.1 Å². The van der Waals surface area contributed by atoms with Crippen molar-refractivity contribution in [3.8, 4) is 0 Å². The van der Waals surface area contributed by atoms with Crippen molar-refractivity contribution in [2.45, 2.75) is 58.1 Å². The third kappa shape index (κ3) is 4.81. The van der Waals surface area contributed by atoms with Gasteiger partial charge in [0.1, 0.15) is 0 Å². The van der Waals surface area contributed by atoms with Gasteiger partial charge in [-0.2, -0.15) is 13.2 Å². The molecule has 1 atom stereocenters. The SMILES string of the molecule is CC(O[Si](C)(C)C(C)(C)C)c1ccc(/C(=N\O)C(F)(F)F)cc1. The summed E-state index contributed by atoms with van der Waals surface area (Å²) < 4.78 is 44.3. The predicted octanol–water partition coefficient (Wildman–Crippen LogP) is 5.51. The first-order valence-corrected chi connectivity index (χ1v) is 10.3. The molecule has 1 N–H and O–H groups in total. The molecule has 0 saturated heterocycles. The lowest BCUT2D eigenvalue weighted by molar-refractivity contribution is -0.0601. The molecule has 0 aliphatic rings. The molecule has 130 valence electrons. The number of alkyl halides is 3. The molecule has 0 spiro atoms. The van der Waals surface area contributed by atoms with E-state index >= 15 is 0 Å². The van der Waals surface area contributed by atoms with Gasteiger partial charge in [-0.05, 0) is 30.6 Å². The molecule has 0 saturated carbocycles. The minimum Gasteiger partial charge on any atom is -0.410 e. The summed E-state index contributed by atoms with van der Waals surface area (Å²) in [6, 6.07) is 5.74. The van der Waals surface area contributed by atoms with Crippen molar-refractivity contribution in [1.82, 2.24) is 0 Å². The Morgan fingerprint density at radius 2 is 1.61 bits per heavy atom. The number of halogens is 3. The standard InChI is InChI=1S/C16H24F3NO2Si/c1-11(22-23(5,6)15(2,3)4)12-7-9-13(10-8-12)14(20-21)16(17,18)19/h7-11,21H,1-6H3/b20-14+. The molecule has 0 aromatic heterocycles. The van der Waals surface area contributed by atoms with Crippen molar-refractivity contribution < 1.29 is 22.8 Å². The number of oxime groups is 1. The lowest BCUT2D eigenvalue weighted by atomic mass is 10.0. The van der Waals surface area contributed by atoms with E-state index in [0.717, 1.165) is 5.56 Å². The first-order valence-electron chi connectivity index (χ1n) is 7.37. The average molecular weight is 347 g/mol. The zero-order chi connectivity index (χ0) is 18.1. The van der Waals surface area contributed by atoms with Gasteiger partial charge in [0.05, 0.1) is 6.10 Å². The summed E-state index contributed by atoms with van der Waals surface area (Å²) in [6.07, 6.45) is -4.91. The quantitative estimate of drug-likeness (QED) is 0.338. The second kappa shape index (κ2) is 6.65. The molecule has 1 aromatic carbocycles. The summed E-state index contributed by atoms with van der Waals surface area (Å²) in [5.74, 6) is 0. The Kier molecular flexibility index (Phi) is 5.69. The molecule has 1 rings (SSSR count). The van der Waals surface area contributed by atoms with E-state index in [9.17, 15) is 13.2 Å². The lowest BCUT2D eigenvalue weighted by Crippen LogP contribution is -2.41. The van der Waals surface area contributed by atoms with Crippen LogP contribution in [-0.4, -0.2) is 25.4 Å². The molecule has 7 heteroatoms. The van der Waals surface area contributed by atoms with Gasteiger partial charge in [0.15, 0.2) is 14.0 Å². The molecule has 3 nitrogen and oxygen atoms in total. The van der Waals surface area contributed by atoms with Crippen molar-refractivity contribution in [2.24, 2.45) is 5.16 Å². The van der Waals surface area contributed by atoms with Crippen LogP contribution in [0.4, 0.5) is 13.2 Å². The van der Waals surface area contributed by atoms with E-state index in [-0.39, 0.29) is 16.7 Å². The van der Waals surface area contributed by atoms with Gasteiger partial charge in [0.25, 0.3) is 0 Å². The van der Waals surface area contributed by atoms with Gasteiger partial charge in [-0.25, -0.2) is 0 Å². The summed E-state index contributed by atoms with van der Waals surface area (Å²) in [5.41, 5.74) is -0.691. The maximum absolute atomic E-state index is 12.7. The van der Waals surface area contributed by atoms with E-state index < -0.39 is 20.2 Å². The highest BCUT2D eigenvalue weighted by molar-refractivity contribution is 6.74. The number of hydrogen-bond donors (Lipinski definition) is 1. The Morgan fingerprint density at radius 3 is 1.96 bits per heavy atom. The first-order chi connectivity index (χ1) is 10.3. The third-order valence-corrected chi connectivity index (χ3v) is 8.85. The van der Waals surface area contributed by atoms with Gasteiger partial charge >= 0.3 is 6.18 Å². The zero-order valence-electron chi connectivity index (χ0n) is 14.3. The van der Waals surface area contributed by atoms with E-state index in [1.807, 2.05) is 6.92 Å². The Bertz CT molecular complexity index is 560. The van der Waals surface area contributed by atoms with Crippen LogP contribution in [0.1, 0.15) is 44.9 Å². The Labute approximate surface area is 136 Å². The highest BCUT2D eigenvalue weighted by Crippen LogP contribution is 2.39. The average Bonchev–Trinajstić information content (AvgIpc) is 2.36. The van der Waals surface area contributed by atoms with Crippen LogP contribution in [0.2, 0.25) is 18.1 Å². The van der Waals surface area contributed by atoms with Gasteiger partial charge in [0, 0.05) is 5.56 Å². The fraction of sp³-hybridized carbons (Fsp3) is 0.562. The molecule has 0 amide bonds. The number of hydrogen-bond acceptors (Lipinski definition) is 3. The van der Waals surface area contributed by atoms with E-state index in [4.69, 9.17) is 9.63 Å². The van der Waals surface area contributed by atoms with Crippen molar-refractivity contribution in [1.29, 1.82) is 0 Å². The number of rotatable bonds is 4. The maximum atomic E-state index is 12.7. The van der Waals surface area contributed by atoms with Crippen molar-refractivity contribution in [3.63, 3.8) is 0 Å². The second-order valence-corrected chi connectivity index (χ2v) is 11.8. The van der Waals surface area contributed by atoms with Crippen LogP contribution in [0.25, 0.3) is 0 Å². The maximum Gasteiger partial charge on any atom is 0.437 e. The topological polar surface area (TPSA) is 41.8 Å². The molecule has 23 heavy (non-hydrogen) atoms. The highest BCUT2D eigenvalue weighted by Gasteiger charge is 2.39. The van der Waals surface area contributed by atoms with Gasteiger partial charge in [0.2, 0.25) is 0 Å². The highest BCUT2D eigenvalue weighted by atomic mass is 28.4. The largest absolute Gasteiger partial charge is 0.437 e. The Balaban J connectivity index is 2.97. The van der Waals surface area contributed by atoms with Gasteiger partial charge in [-0.15, -0.1) is 0 Å². The van der Waals surface area contributed by atoms with Crippen LogP contribution in [0.3, 0.4) is 0 Å². The molecular formula is C16H24F3NO2Si. The summed E-state index contributed by atoms with van der Waals surface area (Å²) in [4.78, 5) is 0. The molecule has 1 aromatic rings. The predicted molar refractivity (Wildman–Crippen MR) is 87.5 cm³/mol. The smallest absolute Gasteiger partial charge is 0.410 e. The molecule has 0 bridgehead atoms. The molecule has 0 fully saturated rings. The summed E-state index contributed by atoms with van der Waals surface area (Å²) in [5, 5.41) is 11.0. The summed E-state index contributed by atoms with van der Waals surface area (Å²) in [6.45, 7) is 12.5. The molecule has 0 aliphatic carbocycles. The van der Waals surface area contributed by atoms with Crippen LogP contribution < -0.4 is 0 Å². The van der Waals surface area contributed by atoms with Crippen molar-refractivity contribution in [3.05, 3.63) is 35.4 Å². The molecule has 0 radical (unpaired) electrons.